The quantitative estimate of drug-likeness (QED) is 0.651. The van der Waals surface area contributed by atoms with Crippen LogP contribution in [-0.2, 0) is 0 Å². The van der Waals surface area contributed by atoms with Gasteiger partial charge in [0.05, 0.1) is 5.52 Å². The van der Waals surface area contributed by atoms with Gasteiger partial charge in [-0.2, -0.15) is 0 Å². The molecule has 0 saturated carbocycles. The number of pyridine rings is 1. The number of hydrogen-bond acceptors (Lipinski definition) is 5. The molecule has 2 heterocycles. The number of rotatable bonds is 0. The Labute approximate surface area is 162 Å². The zero-order chi connectivity index (χ0) is 19.6. The van der Waals surface area contributed by atoms with Crippen molar-refractivity contribution < 1.29 is 4.79 Å². The Morgan fingerprint density at radius 3 is 2.57 bits per heavy atom. The highest BCUT2D eigenvalue weighted by Gasteiger charge is 1.99. The number of hydrogen-bond donors (Lipinski definition) is 3. The van der Waals surface area contributed by atoms with Crippen LogP contribution in [0, 0.1) is 0 Å². The van der Waals surface area contributed by atoms with E-state index < -0.39 is 6.03 Å². The van der Waals surface area contributed by atoms with E-state index in [0.717, 1.165) is 21.3 Å². The molecule has 0 aliphatic carbocycles. The van der Waals surface area contributed by atoms with Crippen molar-refractivity contribution >= 4 is 35.4 Å². The van der Waals surface area contributed by atoms with Crippen molar-refractivity contribution in [1.29, 1.82) is 0 Å². The Kier molecular flexibility index (Phi) is 6.35. The summed E-state index contributed by atoms with van der Waals surface area (Å²) in [7, 11) is 0. The van der Waals surface area contributed by atoms with Gasteiger partial charge in [-0.15, -0.1) is 0 Å². The highest BCUT2D eigenvalue weighted by molar-refractivity contribution is 5.81. The van der Waals surface area contributed by atoms with Crippen LogP contribution in [0.15, 0.2) is 84.8 Å². The highest BCUT2D eigenvalue weighted by Crippen LogP contribution is 2.02. The highest BCUT2D eigenvalue weighted by atomic mass is 16.2. The summed E-state index contributed by atoms with van der Waals surface area (Å²) >= 11 is 0. The number of nitrogens with zero attached hydrogens (tertiary/aromatic N) is 3. The van der Waals surface area contributed by atoms with E-state index >= 15 is 0 Å². The zero-order valence-electron chi connectivity index (χ0n) is 15.1. The second kappa shape index (κ2) is 9.54. The molecule has 7 heteroatoms. The van der Waals surface area contributed by atoms with Crippen LogP contribution < -0.4 is 26.8 Å². The Bertz CT molecular complexity index is 1110. The van der Waals surface area contributed by atoms with Crippen LogP contribution in [0.5, 0.6) is 0 Å². The van der Waals surface area contributed by atoms with Crippen molar-refractivity contribution in [1.82, 2.24) is 20.5 Å². The van der Waals surface area contributed by atoms with Crippen LogP contribution in [-0.4, -0.2) is 22.1 Å². The molecule has 2 amide bonds. The molecule has 0 bridgehead atoms. The molecular formula is C21H20N6O. The van der Waals surface area contributed by atoms with E-state index in [9.17, 15) is 4.79 Å². The normalized spacial score (nSPS) is 14.4. The van der Waals surface area contributed by atoms with Crippen molar-refractivity contribution in [2.75, 3.05) is 0 Å². The smallest absolute Gasteiger partial charge is 0.322 e. The molecule has 0 radical (unpaired) electrons. The van der Waals surface area contributed by atoms with Crippen molar-refractivity contribution in [3.05, 3.63) is 90.3 Å². The van der Waals surface area contributed by atoms with Crippen molar-refractivity contribution in [3.8, 4) is 0 Å². The van der Waals surface area contributed by atoms with Gasteiger partial charge in [-0.1, -0.05) is 18.2 Å². The third-order valence-corrected chi connectivity index (χ3v) is 3.81. The fourth-order valence-corrected chi connectivity index (χ4v) is 2.51. The number of primary amides is 1. The van der Waals surface area contributed by atoms with Crippen molar-refractivity contribution in [2.45, 2.75) is 0 Å². The summed E-state index contributed by atoms with van der Waals surface area (Å²) in [6.07, 6.45) is 20.5. The predicted molar refractivity (Wildman–Crippen MR) is 113 cm³/mol. The number of nitrogens with two attached hydrogens (primary N) is 1. The Morgan fingerprint density at radius 2 is 1.79 bits per heavy atom. The molecule has 1 aliphatic heterocycles. The second-order valence-corrected chi connectivity index (χ2v) is 5.66. The lowest BCUT2D eigenvalue weighted by Gasteiger charge is -2.08. The van der Waals surface area contributed by atoms with Gasteiger partial charge in [0.2, 0.25) is 0 Å². The fraction of sp³-hybridized carbons (Fsp3) is 0. The molecule has 7 nitrogen and oxygen atoms in total. The first kappa shape index (κ1) is 18.7. The molecular weight excluding hydrogens is 352 g/mol. The minimum atomic E-state index is -0.598. The van der Waals surface area contributed by atoms with Crippen LogP contribution in [0.3, 0.4) is 0 Å². The van der Waals surface area contributed by atoms with Gasteiger partial charge in [0.25, 0.3) is 0 Å². The lowest BCUT2D eigenvalue weighted by molar-refractivity contribution is 0.235. The van der Waals surface area contributed by atoms with Crippen molar-refractivity contribution in [3.63, 3.8) is 0 Å². The Hall–Kier alpha value is -4.13. The molecule has 0 atom stereocenters. The summed E-state index contributed by atoms with van der Waals surface area (Å²) in [5.41, 5.74) is 6.23. The lowest BCUT2D eigenvalue weighted by Crippen LogP contribution is -2.27. The summed E-state index contributed by atoms with van der Waals surface area (Å²) in [6, 6.07) is 7.31. The number of amides is 2. The van der Waals surface area contributed by atoms with Crippen LogP contribution in [0.2, 0.25) is 0 Å². The van der Waals surface area contributed by atoms with E-state index in [1.807, 2.05) is 42.6 Å². The average Bonchev–Trinajstić information content (AvgIpc) is 2.71. The monoisotopic (exact) mass is 372 g/mol. The van der Waals surface area contributed by atoms with Gasteiger partial charge >= 0.3 is 6.03 Å². The number of allylic oxidation sites excluding steroid dienone is 2. The molecule has 0 spiro atoms. The van der Waals surface area contributed by atoms with Crippen LogP contribution in [0.25, 0.3) is 23.2 Å². The molecule has 2 aromatic rings. The van der Waals surface area contributed by atoms with Gasteiger partial charge in [-0.3, -0.25) is 14.9 Å². The first-order valence-corrected chi connectivity index (χ1v) is 8.58. The predicted octanol–water partition coefficient (Wildman–Crippen LogP) is 1.37. The van der Waals surface area contributed by atoms with Gasteiger partial charge in [0.1, 0.15) is 0 Å². The zero-order valence-corrected chi connectivity index (χ0v) is 15.1. The number of aliphatic imine (C=N–C) groups is 1. The van der Waals surface area contributed by atoms with Gasteiger partial charge in [0.15, 0.2) is 0 Å². The summed E-state index contributed by atoms with van der Waals surface area (Å²) in [5, 5.41) is 8.89. The van der Waals surface area contributed by atoms with E-state index in [-0.39, 0.29) is 0 Å². The van der Waals surface area contributed by atoms with E-state index in [4.69, 9.17) is 5.73 Å². The van der Waals surface area contributed by atoms with E-state index in [0.29, 0.717) is 0 Å². The van der Waals surface area contributed by atoms with Crippen molar-refractivity contribution in [2.24, 2.45) is 10.7 Å². The van der Waals surface area contributed by atoms with Gasteiger partial charge in [-0.25, -0.2) is 4.79 Å². The van der Waals surface area contributed by atoms with Gasteiger partial charge in [-0.05, 0) is 29.5 Å². The Balaban J connectivity index is 2.03. The molecule has 1 aromatic carbocycles. The summed E-state index contributed by atoms with van der Waals surface area (Å²) in [6.45, 7) is 0. The molecule has 4 N–H and O–H groups in total. The first-order chi connectivity index (χ1) is 13.8. The summed E-state index contributed by atoms with van der Waals surface area (Å²) in [5.74, 6) is 0. The maximum absolute atomic E-state index is 11.4. The van der Waals surface area contributed by atoms with Crippen LogP contribution >= 0.6 is 0 Å². The maximum Gasteiger partial charge on any atom is 0.322 e. The second-order valence-electron chi connectivity index (χ2n) is 5.66. The van der Waals surface area contributed by atoms with Crippen LogP contribution in [0.4, 0.5) is 4.79 Å². The first-order valence-electron chi connectivity index (χ1n) is 8.58. The molecule has 28 heavy (non-hydrogen) atoms. The summed E-state index contributed by atoms with van der Waals surface area (Å²) < 4.78 is 0. The van der Waals surface area contributed by atoms with E-state index in [1.54, 1.807) is 43.3 Å². The minimum Gasteiger partial charge on any atom is -0.366 e. The molecule has 140 valence electrons. The number of urea groups is 1. The van der Waals surface area contributed by atoms with Crippen LogP contribution in [0.1, 0.15) is 0 Å². The lowest BCUT2D eigenvalue weighted by atomic mass is 10.1. The number of nitrogens with one attached hydrogen (secondary N) is 2. The molecule has 1 aromatic heterocycles. The number of benzene rings is 1. The molecule has 0 unspecified atom stereocenters. The topological polar surface area (TPSA) is 95.6 Å². The molecule has 0 saturated heterocycles. The van der Waals surface area contributed by atoms with E-state index in [1.165, 1.54) is 17.3 Å². The number of carbonyl (C=O) groups excluding carboxylic acids is 1. The standard InChI is InChI=1S/C21H20N6O/c22-21(28)27-14-12-23-8-1-4-17-6-7-20-18(5-2-11-26-20)19(17)16-25-10-3-9-24-13-15-27/h1-16,23-24H,(H2,22,28). The molecule has 0 fully saturated rings. The fourth-order valence-electron chi connectivity index (χ4n) is 2.51. The summed E-state index contributed by atoms with van der Waals surface area (Å²) in [4.78, 5) is 21.4. The van der Waals surface area contributed by atoms with Gasteiger partial charge in [0, 0.05) is 66.4 Å². The third-order valence-electron chi connectivity index (χ3n) is 3.81. The number of fused-ring (bicyclic) bond motifs is 3. The number of carbonyl (C=O) groups is 1. The Morgan fingerprint density at radius 1 is 1.00 bits per heavy atom. The maximum atomic E-state index is 11.4. The SMILES string of the molecule is NC(=O)N1C=CNC=CC=NC=c2c(ccc3ncccc23)=CC=CNC=C1. The average molecular weight is 372 g/mol. The number of aromatic nitrogens is 1. The molecule has 3 rings (SSSR count). The third kappa shape index (κ3) is 4.95. The minimum absolute atomic E-state index is 0.598. The largest absolute Gasteiger partial charge is 0.366 e. The van der Waals surface area contributed by atoms with E-state index in [2.05, 4.69) is 20.6 Å². The molecule has 1 aliphatic rings. The van der Waals surface area contributed by atoms with Gasteiger partial charge < -0.3 is 16.4 Å².